The third-order valence-electron chi connectivity index (χ3n) is 3.82. The highest BCUT2D eigenvalue weighted by Gasteiger charge is 2.08. The molecule has 0 atom stereocenters. The van der Waals surface area contributed by atoms with E-state index in [0.717, 1.165) is 22.4 Å². The average molecular weight is 371 g/mol. The van der Waals surface area contributed by atoms with Gasteiger partial charge in [0.05, 0.1) is 6.42 Å². The predicted molar refractivity (Wildman–Crippen MR) is 102 cm³/mol. The molecule has 0 fully saturated rings. The van der Waals surface area contributed by atoms with Gasteiger partial charge in [-0.25, -0.2) is 0 Å². The third-order valence-corrected chi connectivity index (χ3v) is 3.82. The number of amides is 1. The van der Waals surface area contributed by atoms with Gasteiger partial charge in [0.2, 0.25) is 5.91 Å². The molecule has 0 spiro atoms. The Morgan fingerprint density at radius 2 is 1.63 bits per heavy atom. The molecule has 0 aliphatic carbocycles. The molecule has 2 aromatic carbocycles. The molecular formula is C21H25NO5. The van der Waals surface area contributed by atoms with Gasteiger partial charge >= 0.3 is 5.97 Å². The summed E-state index contributed by atoms with van der Waals surface area (Å²) >= 11 is 0. The molecule has 0 aliphatic rings. The average Bonchev–Trinajstić information content (AvgIpc) is 2.62. The van der Waals surface area contributed by atoms with Gasteiger partial charge in [0.25, 0.3) is 0 Å². The molecule has 2 rings (SSSR count). The van der Waals surface area contributed by atoms with E-state index in [0.29, 0.717) is 19.0 Å². The molecule has 2 aromatic rings. The van der Waals surface area contributed by atoms with Crippen LogP contribution in [-0.2, 0) is 16.1 Å². The predicted octanol–water partition coefficient (Wildman–Crippen LogP) is 3.24. The van der Waals surface area contributed by atoms with Crippen LogP contribution in [0.2, 0.25) is 0 Å². The SMILES string of the molecule is Cc1cc(C)cc(OCCOc2ccccc2CNC(=O)CCC(=O)O)c1. The van der Waals surface area contributed by atoms with Crippen molar-refractivity contribution < 1.29 is 24.2 Å². The molecule has 0 saturated heterocycles. The van der Waals surface area contributed by atoms with Crippen molar-refractivity contribution in [1.82, 2.24) is 5.32 Å². The van der Waals surface area contributed by atoms with Crippen LogP contribution in [0.5, 0.6) is 11.5 Å². The number of carbonyl (C=O) groups is 2. The van der Waals surface area contributed by atoms with Gasteiger partial charge in [0.15, 0.2) is 0 Å². The zero-order valence-electron chi connectivity index (χ0n) is 15.7. The highest BCUT2D eigenvalue weighted by atomic mass is 16.5. The zero-order chi connectivity index (χ0) is 19.6. The molecule has 0 aromatic heterocycles. The van der Waals surface area contributed by atoms with Crippen LogP contribution >= 0.6 is 0 Å². The number of rotatable bonds is 10. The van der Waals surface area contributed by atoms with E-state index in [1.807, 2.05) is 50.2 Å². The monoisotopic (exact) mass is 371 g/mol. The Kier molecular flexibility index (Phi) is 7.67. The van der Waals surface area contributed by atoms with Crippen LogP contribution in [0.3, 0.4) is 0 Å². The maximum absolute atomic E-state index is 11.7. The van der Waals surface area contributed by atoms with E-state index >= 15 is 0 Å². The number of carboxylic acid groups (broad SMARTS) is 1. The Morgan fingerprint density at radius 1 is 0.963 bits per heavy atom. The standard InChI is InChI=1S/C21H25NO5/c1-15-11-16(2)13-18(12-15)26-9-10-27-19-6-4-3-5-17(19)14-22-20(23)7-8-21(24)25/h3-6,11-13H,7-10,14H2,1-2H3,(H,22,23)(H,24,25). The van der Waals surface area contributed by atoms with Crippen molar-refractivity contribution in [3.8, 4) is 11.5 Å². The summed E-state index contributed by atoms with van der Waals surface area (Å²) in [6.45, 7) is 5.11. The maximum atomic E-state index is 11.7. The number of hydrogen-bond acceptors (Lipinski definition) is 4. The summed E-state index contributed by atoms with van der Waals surface area (Å²) in [5, 5.41) is 11.3. The molecular weight excluding hydrogens is 346 g/mol. The number of aryl methyl sites for hydroxylation is 2. The number of benzene rings is 2. The van der Waals surface area contributed by atoms with Crippen molar-refractivity contribution in [2.45, 2.75) is 33.2 Å². The lowest BCUT2D eigenvalue weighted by Gasteiger charge is -2.13. The van der Waals surface area contributed by atoms with E-state index in [2.05, 4.69) is 11.4 Å². The molecule has 1 amide bonds. The molecule has 27 heavy (non-hydrogen) atoms. The van der Waals surface area contributed by atoms with Gasteiger partial charge in [0, 0.05) is 18.5 Å². The minimum absolute atomic E-state index is 0.0396. The van der Waals surface area contributed by atoms with Crippen LogP contribution in [0.25, 0.3) is 0 Å². The first-order valence-corrected chi connectivity index (χ1v) is 8.84. The van der Waals surface area contributed by atoms with Gasteiger partial charge in [-0.2, -0.15) is 0 Å². The number of nitrogens with one attached hydrogen (secondary N) is 1. The van der Waals surface area contributed by atoms with E-state index in [-0.39, 0.29) is 25.3 Å². The summed E-state index contributed by atoms with van der Waals surface area (Å²) in [4.78, 5) is 22.2. The quantitative estimate of drug-likeness (QED) is 0.626. The second kappa shape index (κ2) is 10.2. The Balaban J connectivity index is 1.81. The summed E-state index contributed by atoms with van der Waals surface area (Å²) in [5.74, 6) is 0.193. The number of para-hydroxylation sites is 1. The molecule has 0 bridgehead atoms. The first-order valence-electron chi connectivity index (χ1n) is 8.84. The third kappa shape index (κ3) is 7.40. The summed E-state index contributed by atoms with van der Waals surface area (Å²) < 4.78 is 11.5. The number of carbonyl (C=O) groups excluding carboxylic acids is 1. The van der Waals surface area contributed by atoms with Crippen LogP contribution in [0.1, 0.15) is 29.5 Å². The first kappa shape index (κ1) is 20.3. The smallest absolute Gasteiger partial charge is 0.303 e. The molecule has 144 valence electrons. The van der Waals surface area contributed by atoms with Crippen LogP contribution < -0.4 is 14.8 Å². The fraction of sp³-hybridized carbons (Fsp3) is 0.333. The molecule has 0 aliphatic heterocycles. The molecule has 2 N–H and O–H groups in total. The zero-order valence-corrected chi connectivity index (χ0v) is 15.7. The topological polar surface area (TPSA) is 84.9 Å². The minimum atomic E-state index is -0.988. The second-order valence-corrected chi connectivity index (χ2v) is 6.30. The number of hydrogen-bond donors (Lipinski definition) is 2. The van der Waals surface area contributed by atoms with Crippen molar-refractivity contribution in [3.63, 3.8) is 0 Å². The Bertz CT molecular complexity index is 768. The van der Waals surface area contributed by atoms with Crippen molar-refractivity contribution in [1.29, 1.82) is 0 Å². The summed E-state index contributed by atoms with van der Waals surface area (Å²) in [6.07, 6.45) is -0.220. The largest absolute Gasteiger partial charge is 0.490 e. The van der Waals surface area contributed by atoms with Gasteiger partial charge in [-0.05, 0) is 43.2 Å². The molecule has 0 saturated carbocycles. The van der Waals surface area contributed by atoms with E-state index in [4.69, 9.17) is 14.6 Å². The van der Waals surface area contributed by atoms with Crippen LogP contribution in [0.15, 0.2) is 42.5 Å². The van der Waals surface area contributed by atoms with E-state index in [9.17, 15) is 9.59 Å². The molecule has 6 heteroatoms. The normalized spacial score (nSPS) is 10.3. The Hall–Kier alpha value is -3.02. The van der Waals surface area contributed by atoms with Crippen molar-refractivity contribution in [3.05, 3.63) is 59.2 Å². The number of aliphatic carboxylic acids is 1. The summed E-state index contributed by atoms with van der Waals surface area (Å²) in [5.41, 5.74) is 3.12. The number of carboxylic acids is 1. The van der Waals surface area contributed by atoms with Crippen molar-refractivity contribution in [2.75, 3.05) is 13.2 Å². The fourth-order valence-corrected chi connectivity index (χ4v) is 2.62. The van der Waals surface area contributed by atoms with E-state index in [1.54, 1.807) is 0 Å². The Labute approximate surface area is 159 Å². The lowest BCUT2D eigenvalue weighted by atomic mass is 10.1. The molecule has 0 heterocycles. The van der Waals surface area contributed by atoms with Crippen LogP contribution in [-0.4, -0.2) is 30.2 Å². The van der Waals surface area contributed by atoms with Gasteiger partial charge in [-0.15, -0.1) is 0 Å². The number of ether oxygens (including phenoxy) is 2. The lowest BCUT2D eigenvalue weighted by molar-refractivity contribution is -0.138. The van der Waals surface area contributed by atoms with Crippen LogP contribution in [0.4, 0.5) is 0 Å². The molecule has 6 nitrogen and oxygen atoms in total. The van der Waals surface area contributed by atoms with Gasteiger partial charge < -0.3 is 19.9 Å². The molecule has 0 unspecified atom stereocenters. The summed E-state index contributed by atoms with van der Waals surface area (Å²) in [7, 11) is 0. The first-order chi connectivity index (χ1) is 12.9. The highest BCUT2D eigenvalue weighted by molar-refractivity contribution is 5.80. The van der Waals surface area contributed by atoms with E-state index < -0.39 is 5.97 Å². The molecule has 0 radical (unpaired) electrons. The van der Waals surface area contributed by atoms with E-state index in [1.165, 1.54) is 0 Å². The van der Waals surface area contributed by atoms with Gasteiger partial charge in [-0.3, -0.25) is 9.59 Å². The lowest BCUT2D eigenvalue weighted by Crippen LogP contribution is -2.23. The fourth-order valence-electron chi connectivity index (χ4n) is 2.62. The van der Waals surface area contributed by atoms with Crippen LogP contribution in [0, 0.1) is 13.8 Å². The summed E-state index contributed by atoms with van der Waals surface area (Å²) in [6, 6.07) is 13.5. The van der Waals surface area contributed by atoms with Crippen molar-refractivity contribution in [2.24, 2.45) is 0 Å². The minimum Gasteiger partial charge on any atom is -0.490 e. The van der Waals surface area contributed by atoms with Crippen molar-refractivity contribution >= 4 is 11.9 Å². The second-order valence-electron chi connectivity index (χ2n) is 6.30. The highest BCUT2D eigenvalue weighted by Crippen LogP contribution is 2.19. The maximum Gasteiger partial charge on any atom is 0.303 e. The van der Waals surface area contributed by atoms with Gasteiger partial charge in [0.1, 0.15) is 24.7 Å². The van der Waals surface area contributed by atoms with Gasteiger partial charge in [-0.1, -0.05) is 24.3 Å². The Morgan fingerprint density at radius 3 is 2.33 bits per heavy atom.